The highest BCUT2D eigenvalue weighted by Gasteiger charge is 2.20. The minimum absolute atomic E-state index is 0.114. The Bertz CT molecular complexity index is 621. The van der Waals surface area contributed by atoms with Crippen LogP contribution in [0.3, 0.4) is 0 Å². The normalized spacial score (nSPS) is 11.1. The highest BCUT2D eigenvalue weighted by Crippen LogP contribution is 2.19. The van der Waals surface area contributed by atoms with Crippen LogP contribution in [0.15, 0.2) is 28.9 Å². The smallest absolute Gasteiger partial charge is 0.230 e. The van der Waals surface area contributed by atoms with Gasteiger partial charge in [0, 0.05) is 12.2 Å². The maximum atomic E-state index is 12.6. The van der Waals surface area contributed by atoms with Crippen molar-refractivity contribution in [2.45, 2.75) is 13.5 Å². The third kappa shape index (κ3) is 3.32. The van der Waals surface area contributed by atoms with Crippen LogP contribution in [0.4, 0.5) is 0 Å². The van der Waals surface area contributed by atoms with Crippen LogP contribution in [0.5, 0.6) is 0 Å². The second-order valence-electron chi connectivity index (χ2n) is 4.86. The van der Waals surface area contributed by atoms with Gasteiger partial charge in [0.05, 0.1) is 17.2 Å². The highest BCUT2D eigenvalue weighted by molar-refractivity contribution is 9.10. The molecule has 0 aromatic carbocycles. The Labute approximate surface area is 126 Å². The number of pyridine rings is 1. The van der Waals surface area contributed by atoms with Gasteiger partial charge < -0.3 is 4.90 Å². The lowest BCUT2D eigenvalue weighted by Gasteiger charge is -2.11. The number of halogens is 1. The van der Waals surface area contributed by atoms with Gasteiger partial charge in [-0.05, 0) is 49.1 Å². The number of likely N-dealkylation sites (N-methyl/N-ethyl adjacent to an activating group) is 1. The summed E-state index contributed by atoms with van der Waals surface area (Å²) in [6.07, 6.45) is 1.65. The van der Waals surface area contributed by atoms with Crippen LogP contribution in [0.1, 0.15) is 21.9 Å². The van der Waals surface area contributed by atoms with E-state index in [4.69, 9.17) is 0 Å². The number of nitrogens with zero attached hydrogens (tertiary/aromatic N) is 4. The molecule has 106 valence electrons. The van der Waals surface area contributed by atoms with Crippen LogP contribution >= 0.6 is 15.9 Å². The molecule has 2 heterocycles. The Morgan fingerprint density at radius 3 is 2.80 bits per heavy atom. The van der Waals surface area contributed by atoms with Gasteiger partial charge in [-0.3, -0.25) is 9.48 Å². The maximum absolute atomic E-state index is 12.6. The number of carbonyl (C=O) groups excluding carboxylic acids is 1. The molecule has 5 nitrogen and oxygen atoms in total. The molecule has 0 bridgehead atoms. The van der Waals surface area contributed by atoms with E-state index in [1.165, 1.54) is 0 Å². The molecule has 0 spiro atoms. The summed E-state index contributed by atoms with van der Waals surface area (Å²) in [6.45, 7) is 3.34. The van der Waals surface area contributed by atoms with E-state index in [1.807, 2.05) is 33.2 Å². The molecule has 0 aliphatic heterocycles. The molecule has 2 aromatic heterocycles. The Kier molecular flexibility index (Phi) is 4.67. The average Bonchev–Trinajstić information content (AvgIpc) is 2.76. The summed E-state index contributed by atoms with van der Waals surface area (Å²) in [6, 6.07) is 5.43. The van der Waals surface area contributed by atoms with Gasteiger partial charge in [0.2, 0.25) is 5.78 Å². The third-order valence-electron chi connectivity index (χ3n) is 2.89. The number of hydrogen-bond acceptors (Lipinski definition) is 4. The summed E-state index contributed by atoms with van der Waals surface area (Å²) in [5, 5.41) is 4.25. The highest BCUT2D eigenvalue weighted by atomic mass is 79.9. The average molecular weight is 337 g/mol. The Balaban J connectivity index is 2.32. The summed E-state index contributed by atoms with van der Waals surface area (Å²) in [5.74, 6) is -0.114. The minimum Gasteiger partial charge on any atom is -0.308 e. The molecule has 0 unspecified atom stereocenters. The third-order valence-corrected chi connectivity index (χ3v) is 3.47. The lowest BCUT2D eigenvalue weighted by molar-refractivity contribution is 0.102. The topological polar surface area (TPSA) is 51.0 Å². The van der Waals surface area contributed by atoms with E-state index in [0.29, 0.717) is 22.4 Å². The monoisotopic (exact) mass is 336 g/mol. The van der Waals surface area contributed by atoms with Crippen molar-refractivity contribution >= 4 is 21.7 Å². The quantitative estimate of drug-likeness (QED) is 0.785. The molecular weight excluding hydrogens is 320 g/mol. The largest absolute Gasteiger partial charge is 0.308 e. The molecule has 2 aromatic rings. The molecule has 0 radical (unpaired) electrons. The molecule has 0 amide bonds. The first-order valence-corrected chi connectivity index (χ1v) is 7.12. The van der Waals surface area contributed by atoms with Crippen molar-refractivity contribution in [2.75, 3.05) is 20.6 Å². The Morgan fingerprint density at radius 1 is 1.40 bits per heavy atom. The first kappa shape index (κ1) is 14.9. The van der Waals surface area contributed by atoms with Crippen molar-refractivity contribution in [3.05, 3.63) is 46.0 Å². The fourth-order valence-corrected chi connectivity index (χ4v) is 2.32. The Morgan fingerprint density at radius 2 is 2.15 bits per heavy atom. The fraction of sp³-hybridized carbons (Fsp3) is 0.357. The van der Waals surface area contributed by atoms with Crippen LogP contribution < -0.4 is 0 Å². The van der Waals surface area contributed by atoms with Gasteiger partial charge in [0.15, 0.2) is 0 Å². The molecule has 0 N–H and O–H groups in total. The number of carbonyl (C=O) groups is 1. The second kappa shape index (κ2) is 6.28. The Hall–Kier alpha value is -1.53. The molecule has 0 aliphatic rings. The van der Waals surface area contributed by atoms with E-state index < -0.39 is 0 Å². The molecule has 0 aliphatic carbocycles. The van der Waals surface area contributed by atoms with Crippen LogP contribution in [0.2, 0.25) is 0 Å². The standard InChI is InChI=1S/C14H17BrN4O/c1-10-5-4-6-12(17-10)14(20)13-11(15)9-16-19(13)8-7-18(2)3/h4-6,9H,7-8H2,1-3H3. The predicted octanol–water partition coefficient (Wildman–Crippen LogP) is 2.14. The molecule has 0 saturated heterocycles. The van der Waals surface area contributed by atoms with E-state index in [0.717, 1.165) is 12.2 Å². The van der Waals surface area contributed by atoms with Crippen molar-refractivity contribution < 1.29 is 4.79 Å². The summed E-state index contributed by atoms with van der Waals surface area (Å²) in [5.41, 5.74) is 1.81. The molecule has 0 fully saturated rings. The van der Waals surface area contributed by atoms with E-state index in [1.54, 1.807) is 16.9 Å². The van der Waals surface area contributed by atoms with Crippen LogP contribution in [0, 0.1) is 6.92 Å². The molecule has 6 heteroatoms. The van der Waals surface area contributed by atoms with Gasteiger partial charge in [0.25, 0.3) is 0 Å². The summed E-state index contributed by atoms with van der Waals surface area (Å²) < 4.78 is 2.42. The van der Waals surface area contributed by atoms with Crippen LogP contribution in [-0.4, -0.2) is 46.1 Å². The molecular formula is C14H17BrN4O. The maximum Gasteiger partial charge on any atom is 0.230 e. The van der Waals surface area contributed by atoms with E-state index >= 15 is 0 Å². The van der Waals surface area contributed by atoms with Gasteiger partial charge in [-0.1, -0.05) is 6.07 Å². The number of aromatic nitrogens is 3. The van der Waals surface area contributed by atoms with Crippen molar-refractivity contribution in [3.8, 4) is 0 Å². The summed E-state index contributed by atoms with van der Waals surface area (Å²) in [4.78, 5) is 18.9. The van der Waals surface area contributed by atoms with Crippen molar-refractivity contribution in [3.63, 3.8) is 0 Å². The number of rotatable bonds is 5. The van der Waals surface area contributed by atoms with Gasteiger partial charge >= 0.3 is 0 Å². The number of aryl methyl sites for hydroxylation is 1. The second-order valence-corrected chi connectivity index (χ2v) is 5.72. The van der Waals surface area contributed by atoms with Crippen LogP contribution in [0.25, 0.3) is 0 Å². The summed E-state index contributed by atoms with van der Waals surface area (Å²) in [7, 11) is 3.98. The van der Waals surface area contributed by atoms with Gasteiger partial charge in [0.1, 0.15) is 11.4 Å². The number of hydrogen-bond donors (Lipinski definition) is 0. The van der Waals surface area contributed by atoms with E-state index in [9.17, 15) is 4.79 Å². The van der Waals surface area contributed by atoms with Crippen molar-refractivity contribution in [2.24, 2.45) is 0 Å². The minimum atomic E-state index is -0.114. The van der Waals surface area contributed by atoms with Gasteiger partial charge in [-0.25, -0.2) is 4.98 Å². The zero-order valence-electron chi connectivity index (χ0n) is 11.8. The lowest BCUT2D eigenvalue weighted by atomic mass is 10.2. The summed E-state index contributed by atoms with van der Waals surface area (Å²) >= 11 is 3.40. The van der Waals surface area contributed by atoms with E-state index in [-0.39, 0.29) is 5.78 Å². The first-order chi connectivity index (χ1) is 9.49. The SMILES string of the molecule is Cc1cccc(C(=O)c2c(Br)cnn2CCN(C)C)n1. The molecule has 0 atom stereocenters. The van der Waals surface area contributed by atoms with Crippen molar-refractivity contribution in [1.82, 2.24) is 19.7 Å². The zero-order valence-corrected chi connectivity index (χ0v) is 13.4. The molecule has 0 saturated carbocycles. The zero-order chi connectivity index (χ0) is 14.7. The lowest BCUT2D eigenvalue weighted by Crippen LogP contribution is -2.22. The van der Waals surface area contributed by atoms with Crippen LogP contribution in [-0.2, 0) is 6.54 Å². The molecule has 20 heavy (non-hydrogen) atoms. The fourth-order valence-electron chi connectivity index (χ4n) is 1.84. The van der Waals surface area contributed by atoms with E-state index in [2.05, 4.69) is 30.9 Å². The van der Waals surface area contributed by atoms with Gasteiger partial charge in [-0.2, -0.15) is 5.10 Å². The number of ketones is 1. The predicted molar refractivity (Wildman–Crippen MR) is 80.9 cm³/mol. The van der Waals surface area contributed by atoms with Crippen molar-refractivity contribution in [1.29, 1.82) is 0 Å². The molecule has 2 rings (SSSR count). The van der Waals surface area contributed by atoms with Gasteiger partial charge in [-0.15, -0.1) is 0 Å². The first-order valence-electron chi connectivity index (χ1n) is 6.33.